The number of carbonyl (C=O) groups excluding carboxylic acids is 3. The first-order valence-corrected chi connectivity index (χ1v) is 9.26. The van der Waals surface area contributed by atoms with Gasteiger partial charge in [-0.1, -0.05) is 30.3 Å². The number of anilines is 1. The van der Waals surface area contributed by atoms with Crippen molar-refractivity contribution in [2.75, 3.05) is 12.4 Å². The molecule has 1 aromatic heterocycles. The number of esters is 2. The summed E-state index contributed by atoms with van der Waals surface area (Å²) in [6.45, 7) is 3.40. The normalized spacial score (nSPS) is 18.0. The van der Waals surface area contributed by atoms with Crippen LogP contribution in [0.2, 0.25) is 0 Å². The first-order chi connectivity index (χ1) is 12.8. The zero-order valence-corrected chi connectivity index (χ0v) is 16.1. The standard InChI is InChI=1S/C19H20N2O5S/c1-19(2)12(10-14(22)26-19)16(23)21-18-20-15(17(24)25-3)13(27-18)9-11-7-5-4-6-8-11/h4-8,12H,9-10H2,1-3H3,(H,20,21,23)/t12-/m0/s1. The van der Waals surface area contributed by atoms with E-state index in [2.05, 4.69) is 10.3 Å². The first kappa shape index (κ1) is 19.0. The fraction of sp³-hybridized carbons (Fsp3) is 0.368. The summed E-state index contributed by atoms with van der Waals surface area (Å²) in [6, 6.07) is 9.63. The molecule has 0 spiro atoms. The quantitative estimate of drug-likeness (QED) is 0.792. The van der Waals surface area contributed by atoms with Gasteiger partial charge in [-0.2, -0.15) is 0 Å². The molecule has 1 aromatic carbocycles. The molecule has 0 saturated carbocycles. The molecule has 1 amide bonds. The molecule has 0 radical (unpaired) electrons. The van der Waals surface area contributed by atoms with Gasteiger partial charge in [0.2, 0.25) is 5.91 Å². The van der Waals surface area contributed by atoms with E-state index in [0.29, 0.717) is 16.4 Å². The Hall–Kier alpha value is -2.74. The minimum absolute atomic E-state index is 0.0188. The number of cyclic esters (lactones) is 1. The average Bonchev–Trinajstić information content (AvgIpc) is 3.14. The molecule has 1 atom stereocenters. The summed E-state index contributed by atoms with van der Waals surface area (Å²) in [5.74, 6) is -1.94. The molecule has 0 aliphatic carbocycles. The number of thiazole rings is 1. The summed E-state index contributed by atoms with van der Waals surface area (Å²) in [4.78, 5) is 41.1. The molecular formula is C19H20N2O5S. The van der Waals surface area contributed by atoms with Crippen molar-refractivity contribution in [3.8, 4) is 0 Å². The van der Waals surface area contributed by atoms with Gasteiger partial charge in [-0.15, -0.1) is 11.3 Å². The van der Waals surface area contributed by atoms with E-state index < -0.39 is 23.5 Å². The van der Waals surface area contributed by atoms with Crippen LogP contribution in [0.4, 0.5) is 5.13 Å². The Kier molecular flexibility index (Phi) is 5.27. The molecule has 0 bridgehead atoms. The third-order valence-corrected chi connectivity index (χ3v) is 5.39. The van der Waals surface area contributed by atoms with Crippen LogP contribution in [0.25, 0.3) is 0 Å². The summed E-state index contributed by atoms with van der Waals surface area (Å²) in [6.07, 6.45) is 0.514. The topological polar surface area (TPSA) is 94.6 Å². The van der Waals surface area contributed by atoms with Crippen molar-refractivity contribution in [3.63, 3.8) is 0 Å². The summed E-state index contributed by atoms with van der Waals surface area (Å²) < 4.78 is 10.0. The third kappa shape index (κ3) is 4.16. The van der Waals surface area contributed by atoms with E-state index in [0.717, 1.165) is 5.56 Å². The van der Waals surface area contributed by atoms with Crippen LogP contribution in [0.15, 0.2) is 30.3 Å². The highest BCUT2D eigenvalue weighted by Crippen LogP contribution is 2.34. The van der Waals surface area contributed by atoms with Gasteiger partial charge in [0.05, 0.1) is 19.4 Å². The SMILES string of the molecule is COC(=O)c1nc(NC(=O)[C@@H]2CC(=O)OC2(C)C)sc1Cc1ccccc1. The first-order valence-electron chi connectivity index (χ1n) is 8.45. The lowest BCUT2D eigenvalue weighted by Crippen LogP contribution is -2.36. The number of carbonyl (C=O) groups is 3. The summed E-state index contributed by atoms with van der Waals surface area (Å²) in [5, 5.41) is 3.01. The Balaban J connectivity index is 1.83. The average molecular weight is 388 g/mol. The highest BCUT2D eigenvalue weighted by Gasteiger charge is 2.46. The van der Waals surface area contributed by atoms with Crippen molar-refractivity contribution < 1.29 is 23.9 Å². The van der Waals surface area contributed by atoms with Gasteiger partial charge in [0.25, 0.3) is 0 Å². The molecule has 2 heterocycles. The van der Waals surface area contributed by atoms with Gasteiger partial charge in [0, 0.05) is 11.3 Å². The number of ether oxygens (including phenoxy) is 2. The van der Waals surface area contributed by atoms with Gasteiger partial charge in [-0.05, 0) is 19.4 Å². The van der Waals surface area contributed by atoms with E-state index in [4.69, 9.17) is 9.47 Å². The highest BCUT2D eigenvalue weighted by atomic mass is 32.1. The van der Waals surface area contributed by atoms with E-state index in [9.17, 15) is 14.4 Å². The second-order valence-electron chi connectivity index (χ2n) is 6.77. The van der Waals surface area contributed by atoms with Crippen LogP contribution in [0, 0.1) is 5.92 Å². The van der Waals surface area contributed by atoms with Crippen LogP contribution in [0.5, 0.6) is 0 Å². The fourth-order valence-electron chi connectivity index (χ4n) is 2.98. The van der Waals surface area contributed by atoms with E-state index in [1.54, 1.807) is 13.8 Å². The molecule has 1 fully saturated rings. The van der Waals surface area contributed by atoms with Crippen LogP contribution < -0.4 is 5.32 Å². The molecule has 0 unspecified atom stereocenters. The Morgan fingerprint density at radius 3 is 2.63 bits per heavy atom. The van der Waals surface area contributed by atoms with Crippen molar-refractivity contribution in [1.82, 2.24) is 4.98 Å². The van der Waals surface area contributed by atoms with Gasteiger partial charge < -0.3 is 14.8 Å². The van der Waals surface area contributed by atoms with Crippen LogP contribution in [0.1, 0.15) is 41.2 Å². The molecule has 8 heteroatoms. The Morgan fingerprint density at radius 1 is 1.33 bits per heavy atom. The molecule has 27 heavy (non-hydrogen) atoms. The number of rotatable bonds is 5. The molecule has 1 saturated heterocycles. The molecule has 1 aliphatic heterocycles. The summed E-state index contributed by atoms with van der Waals surface area (Å²) in [5.41, 5.74) is 0.316. The molecular weight excluding hydrogens is 368 g/mol. The maximum absolute atomic E-state index is 12.6. The second kappa shape index (κ2) is 7.48. The number of hydrogen-bond acceptors (Lipinski definition) is 7. The number of amides is 1. The minimum Gasteiger partial charge on any atom is -0.464 e. The Morgan fingerprint density at radius 2 is 2.04 bits per heavy atom. The van der Waals surface area contributed by atoms with Crippen molar-refractivity contribution >= 4 is 34.3 Å². The lowest BCUT2D eigenvalue weighted by Gasteiger charge is -2.23. The predicted octanol–water partition coefficient (Wildman–Crippen LogP) is 2.80. The third-order valence-electron chi connectivity index (χ3n) is 4.42. The van der Waals surface area contributed by atoms with Crippen molar-refractivity contribution in [2.45, 2.75) is 32.3 Å². The van der Waals surface area contributed by atoms with Gasteiger partial charge in [0.1, 0.15) is 5.60 Å². The fourth-order valence-corrected chi connectivity index (χ4v) is 3.97. The number of benzene rings is 1. The minimum atomic E-state index is -0.878. The zero-order valence-electron chi connectivity index (χ0n) is 15.3. The summed E-state index contributed by atoms with van der Waals surface area (Å²) in [7, 11) is 1.29. The highest BCUT2D eigenvalue weighted by molar-refractivity contribution is 7.16. The van der Waals surface area contributed by atoms with Crippen LogP contribution in [0.3, 0.4) is 0 Å². The number of nitrogens with one attached hydrogen (secondary N) is 1. The number of hydrogen-bond donors (Lipinski definition) is 1. The Labute approximate surface area is 160 Å². The number of aromatic nitrogens is 1. The van der Waals surface area contributed by atoms with Crippen molar-refractivity contribution in [3.05, 3.63) is 46.5 Å². The molecule has 2 aromatic rings. The molecule has 7 nitrogen and oxygen atoms in total. The molecule has 3 rings (SSSR count). The smallest absolute Gasteiger partial charge is 0.357 e. The lowest BCUT2D eigenvalue weighted by atomic mass is 9.90. The van der Waals surface area contributed by atoms with Crippen LogP contribution in [-0.4, -0.2) is 35.5 Å². The van der Waals surface area contributed by atoms with E-state index in [1.807, 2.05) is 30.3 Å². The van der Waals surface area contributed by atoms with Crippen LogP contribution >= 0.6 is 11.3 Å². The lowest BCUT2D eigenvalue weighted by molar-refractivity contribution is -0.147. The monoisotopic (exact) mass is 388 g/mol. The van der Waals surface area contributed by atoms with E-state index >= 15 is 0 Å². The van der Waals surface area contributed by atoms with E-state index in [1.165, 1.54) is 18.4 Å². The zero-order chi connectivity index (χ0) is 19.6. The predicted molar refractivity (Wildman–Crippen MR) is 99.6 cm³/mol. The van der Waals surface area contributed by atoms with Crippen molar-refractivity contribution in [1.29, 1.82) is 0 Å². The van der Waals surface area contributed by atoms with Gasteiger partial charge in [-0.3, -0.25) is 9.59 Å². The molecule has 1 N–H and O–H groups in total. The number of methoxy groups -OCH3 is 1. The second-order valence-corrected chi connectivity index (χ2v) is 7.85. The maximum atomic E-state index is 12.6. The Bertz CT molecular complexity index is 875. The van der Waals surface area contributed by atoms with E-state index in [-0.39, 0.29) is 18.0 Å². The molecule has 1 aliphatic rings. The van der Waals surface area contributed by atoms with Crippen molar-refractivity contribution in [2.24, 2.45) is 5.92 Å². The summed E-state index contributed by atoms with van der Waals surface area (Å²) >= 11 is 1.22. The largest absolute Gasteiger partial charge is 0.464 e. The van der Waals surface area contributed by atoms with Crippen LogP contribution in [-0.2, 0) is 25.5 Å². The maximum Gasteiger partial charge on any atom is 0.357 e. The molecule has 142 valence electrons. The number of nitrogens with zero attached hydrogens (tertiary/aromatic N) is 1. The van der Waals surface area contributed by atoms with Gasteiger partial charge >= 0.3 is 11.9 Å². The van der Waals surface area contributed by atoms with Gasteiger partial charge in [-0.25, -0.2) is 9.78 Å². The van der Waals surface area contributed by atoms with Gasteiger partial charge in [0.15, 0.2) is 10.8 Å².